The van der Waals surface area contributed by atoms with Crippen molar-refractivity contribution in [2.75, 3.05) is 31.1 Å². The predicted molar refractivity (Wildman–Crippen MR) is 115 cm³/mol. The third-order valence-electron chi connectivity index (χ3n) is 5.03. The second-order valence-corrected chi connectivity index (χ2v) is 7.92. The number of para-hydroxylation sites is 1. The van der Waals surface area contributed by atoms with E-state index in [2.05, 4.69) is 20.4 Å². The van der Waals surface area contributed by atoms with E-state index < -0.39 is 0 Å². The van der Waals surface area contributed by atoms with Crippen LogP contribution in [0.4, 0.5) is 5.82 Å². The van der Waals surface area contributed by atoms with E-state index >= 15 is 0 Å². The van der Waals surface area contributed by atoms with Crippen molar-refractivity contribution >= 4 is 23.1 Å². The van der Waals surface area contributed by atoms with E-state index in [4.69, 9.17) is 4.74 Å². The van der Waals surface area contributed by atoms with Crippen molar-refractivity contribution in [3.63, 3.8) is 0 Å². The molecule has 0 radical (unpaired) electrons. The Morgan fingerprint density at radius 2 is 1.90 bits per heavy atom. The zero-order valence-corrected chi connectivity index (χ0v) is 17.0. The normalized spacial score (nSPS) is 14.6. The van der Waals surface area contributed by atoms with Crippen LogP contribution in [0.5, 0.6) is 5.75 Å². The first-order valence-electron chi connectivity index (χ1n) is 9.88. The van der Waals surface area contributed by atoms with Crippen LogP contribution in [-0.4, -0.2) is 42.3 Å². The molecule has 1 amide bonds. The van der Waals surface area contributed by atoms with Gasteiger partial charge in [-0.1, -0.05) is 24.3 Å². The number of anilines is 1. The largest absolute Gasteiger partial charge is 0.492 e. The van der Waals surface area contributed by atoms with E-state index in [9.17, 15) is 4.79 Å². The van der Waals surface area contributed by atoms with Crippen LogP contribution in [0.15, 0.2) is 60.0 Å². The molecule has 1 N–H and O–H groups in total. The Balaban J connectivity index is 1.20. The number of ether oxygens (including phenoxy) is 1. The smallest absolute Gasteiger partial charge is 0.223 e. The molecule has 1 aliphatic rings. The van der Waals surface area contributed by atoms with Crippen LogP contribution in [0.1, 0.15) is 12.8 Å². The molecule has 0 aliphatic carbocycles. The average Bonchev–Trinajstić information content (AvgIpc) is 3.33. The zero-order valence-electron chi connectivity index (χ0n) is 16.2. The van der Waals surface area contributed by atoms with Gasteiger partial charge in [0, 0.05) is 19.0 Å². The summed E-state index contributed by atoms with van der Waals surface area (Å²) in [7, 11) is 0. The van der Waals surface area contributed by atoms with Crippen molar-refractivity contribution in [2.24, 2.45) is 5.92 Å². The Kier molecular flexibility index (Phi) is 6.36. The summed E-state index contributed by atoms with van der Waals surface area (Å²) >= 11 is 1.66. The lowest BCUT2D eigenvalue weighted by Crippen LogP contribution is -2.41. The minimum atomic E-state index is 0.0429. The Hall–Kier alpha value is -2.93. The van der Waals surface area contributed by atoms with Gasteiger partial charge in [-0.05, 0) is 48.6 Å². The molecule has 4 rings (SSSR count). The number of nitrogens with zero attached hydrogens (tertiary/aromatic N) is 3. The van der Waals surface area contributed by atoms with Crippen molar-refractivity contribution in [1.82, 2.24) is 15.5 Å². The Morgan fingerprint density at radius 1 is 1.07 bits per heavy atom. The molecular formula is C22H24N4O2S. The fourth-order valence-corrected chi connectivity index (χ4v) is 4.12. The summed E-state index contributed by atoms with van der Waals surface area (Å²) in [5.41, 5.74) is 0.899. The molecule has 29 heavy (non-hydrogen) atoms. The first-order valence-corrected chi connectivity index (χ1v) is 10.8. The SMILES string of the molecule is O=C(NCCOc1ccccc1)C1CCN(c2ccc(-c3cccs3)nn2)CC1. The van der Waals surface area contributed by atoms with Gasteiger partial charge in [0.15, 0.2) is 5.82 Å². The molecule has 2 aromatic heterocycles. The van der Waals surface area contributed by atoms with E-state index in [1.165, 1.54) is 0 Å². The summed E-state index contributed by atoms with van der Waals surface area (Å²) in [4.78, 5) is 15.7. The molecule has 150 valence electrons. The van der Waals surface area contributed by atoms with Gasteiger partial charge in [-0.15, -0.1) is 21.5 Å². The van der Waals surface area contributed by atoms with Gasteiger partial charge in [0.2, 0.25) is 5.91 Å². The second kappa shape index (κ2) is 9.52. The van der Waals surface area contributed by atoms with Crippen molar-refractivity contribution in [3.8, 4) is 16.3 Å². The first-order chi connectivity index (χ1) is 14.3. The fourth-order valence-electron chi connectivity index (χ4n) is 3.42. The van der Waals surface area contributed by atoms with Gasteiger partial charge in [0.05, 0.1) is 11.4 Å². The molecule has 7 heteroatoms. The maximum atomic E-state index is 12.4. The quantitative estimate of drug-likeness (QED) is 0.605. The van der Waals surface area contributed by atoms with Crippen LogP contribution < -0.4 is 15.0 Å². The van der Waals surface area contributed by atoms with Gasteiger partial charge in [-0.25, -0.2) is 0 Å². The van der Waals surface area contributed by atoms with Crippen LogP contribution >= 0.6 is 11.3 Å². The molecule has 0 atom stereocenters. The monoisotopic (exact) mass is 408 g/mol. The molecule has 0 spiro atoms. The van der Waals surface area contributed by atoms with Crippen molar-refractivity contribution in [1.29, 1.82) is 0 Å². The molecule has 1 aromatic carbocycles. The fraction of sp³-hybridized carbons (Fsp3) is 0.318. The van der Waals surface area contributed by atoms with Gasteiger partial charge in [-0.3, -0.25) is 4.79 Å². The molecule has 6 nitrogen and oxygen atoms in total. The second-order valence-electron chi connectivity index (χ2n) is 6.97. The lowest BCUT2D eigenvalue weighted by Gasteiger charge is -2.31. The van der Waals surface area contributed by atoms with Gasteiger partial charge >= 0.3 is 0 Å². The number of carbonyl (C=O) groups excluding carboxylic acids is 1. The number of rotatable bonds is 7. The number of nitrogens with one attached hydrogen (secondary N) is 1. The molecular weight excluding hydrogens is 384 g/mol. The van der Waals surface area contributed by atoms with Gasteiger partial charge in [0.25, 0.3) is 0 Å². The number of benzene rings is 1. The van der Waals surface area contributed by atoms with E-state index in [1.54, 1.807) is 11.3 Å². The Labute approximate surface area is 174 Å². The van der Waals surface area contributed by atoms with Crippen LogP contribution in [0.2, 0.25) is 0 Å². The van der Waals surface area contributed by atoms with Crippen molar-refractivity contribution < 1.29 is 9.53 Å². The van der Waals surface area contributed by atoms with Gasteiger partial charge < -0.3 is 15.0 Å². The summed E-state index contributed by atoms with van der Waals surface area (Å²) in [6, 6.07) is 17.7. The summed E-state index contributed by atoms with van der Waals surface area (Å²) in [6.07, 6.45) is 1.64. The van der Waals surface area contributed by atoms with Crippen LogP contribution in [0, 0.1) is 5.92 Å². The molecule has 0 saturated carbocycles. The van der Waals surface area contributed by atoms with Gasteiger partial charge in [0.1, 0.15) is 18.1 Å². The molecule has 1 aliphatic heterocycles. The summed E-state index contributed by atoms with van der Waals surface area (Å²) in [5.74, 6) is 1.85. The van der Waals surface area contributed by atoms with Gasteiger partial charge in [-0.2, -0.15) is 0 Å². The van der Waals surface area contributed by atoms with E-state index in [1.807, 2.05) is 60.0 Å². The Bertz CT molecular complexity index is 892. The average molecular weight is 409 g/mol. The highest BCUT2D eigenvalue weighted by atomic mass is 32.1. The highest BCUT2D eigenvalue weighted by Crippen LogP contribution is 2.25. The Morgan fingerprint density at radius 3 is 2.59 bits per heavy atom. The van der Waals surface area contributed by atoms with Crippen molar-refractivity contribution in [3.05, 3.63) is 60.0 Å². The molecule has 1 fully saturated rings. The minimum Gasteiger partial charge on any atom is -0.492 e. The zero-order chi connectivity index (χ0) is 19.9. The van der Waals surface area contributed by atoms with Crippen molar-refractivity contribution in [2.45, 2.75) is 12.8 Å². The summed E-state index contributed by atoms with van der Waals surface area (Å²) in [5, 5.41) is 13.8. The molecule has 0 bridgehead atoms. The van der Waals surface area contributed by atoms with E-state index in [-0.39, 0.29) is 11.8 Å². The highest BCUT2D eigenvalue weighted by Gasteiger charge is 2.25. The predicted octanol–water partition coefficient (Wildman–Crippen LogP) is 3.62. The molecule has 3 heterocycles. The number of hydrogen-bond donors (Lipinski definition) is 1. The highest BCUT2D eigenvalue weighted by molar-refractivity contribution is 7.13. The maximum absolute atomic E-state index is 12.4. The minimum absolute atomic E-state index is 0.0429. The van der Waals surface area contributed by atoms with Crippen LogP contribution in [0.3, 0.4) is 0 Å². The standard InChI is InChI=1S/C22H24N4O2S/c27-22(23-12-15-28-18-5-2-1-3-6-18)17-10-13-26(14-11-17)21-9-8-19(24-25-21)20-7-4-16-29-20/h1-9,16-17H,10-15H2,(H,23,27). The number of piperidine rings is 1. The molecule has 3 aromatic rings. The number of aromatic nitrogens is 2. The summed E-state index contributed by atoms with van der Waals surface area (Å²) in [6.45, 7) is 2.61. The van der Waals surface area contributed by atoms with Crippen LogP contribution in [-0.2, 0) is 4.79 Å². The number of hydrogen-bond acceptors (Lipinski definition) is 6. The lowest BCUT2D eigenvalue weighted by atomic mass is 9.96. The van der Waals surface area contributed by atoms with E-state index in [0.29, 0.717) is 13.2 Å². The third-order valence-corrected chi connectivity index (χ3v) is 5.92. The van der Waals surface area contributed by atoms with Crippen LogP contribution in [0.25, 0.3) is 10.6 Å². The number of carbonyl (C=O) groups is 1. The number of amides is 1. The first kappa shape index (κ1) is 19.4. The lowest BCUT2D eigenvalue weighted by molar-refractivity contribution is -0.125. The molecule has 1 saturated heterocycles. The topological polar surface area (TPSA) is 67.3 Å². The molecule has 0 unspecified atom stereocenters. The third kappa shape index (κ3) is 5.12. The number of thiophene rings is 1. The van der Waals surface area contributed by atoms with E-state index in [0.717, 1.165) is 48.1 Å². The summed E-state index contributed by atoms with van der Waals surface area (Å²) < 4.78 is 5.62. The maximum Gasteiger partial charge on any atom is 0.223 e.